The second kappa shape index (κ2) is 3.12. The first-order valence-corrected chi connectivity index (χ1v) is 4.02. The molecule has 1 aromatic rings. The number of alkyl halides is 1. The molecule has 0 amide bonds. The summed E-state index contributed by atoms with van der Waals surface area (Å²) in [5.74, 6) is -0.177. The van der Waals surface area contributed by atoms with Crippen LogP contribution in [0.2, 0.25) is 0 Å². The summed E-state index contributed by atoms with van der Waals surface area (Å²) in [4.78, 5) is 0. The molecule has 0 aromatic heterocycles. The number of hydrogen-bond donors (Lipinski definition) is 1. The van der Waals surface area contributed by atoms with Crippen LogP contribution in [-0.4, -0.2) is 0 Å². The molecule has 0 saturated heterocycles. The largest absolute Gasteiger partial charge is 0.325 e. The fraction of sp³-hybridized carbons (Fsp3) is 0.143. The van der Waals surface area contributed by atoms with Gasteiger partial charge in [0, 0.05) is 23.0 Å². The van der Waals surface area contributed by atoms with Crippen molar-refractivity contribution in [3.63, 3.8) is 0 Å². The van der Waals surface area contributed by atoms with E-state index in [-0.39, 0.29) is 5.82 Å². The van der Waals surface area contributed by atoms with Gasteiger partial charge in [-0.25, -0.2) is 4.39 Å². The molecule has 0 atom stereocenters. The van der Waals surface area contributed by atoms with Gasteiger partial charge in [0.05, 0.1) is 0 Å². The second-order valence-electron chi connectivity index (χ2n) is 2.06. The Balaban J connectivity index is 3.09. The van der Waals surface area contributed by atoms with Gasteiger partial charge in [-0.1, -0.05) is 15.9 Å². The Morgan fingerprint density at radius 3 is 2.70 bits per heavy atom. The van der Waals surface area contributed by atoms with Gasteiger partial charge < -0.3 is 5.73 Å². The monoisotopic (exact) mass is 204 g/mol. The Hall–Kier alpha value is -0.410. The minimum atomic E-state index is -0.177. The Labute approximate surface area is 67.2 Å². The van der Waals surface area contributed by atoms with Crippen LogP contribution in [0.1, 0.15) is 5.56 Å². The van der Waals surface area contributed by atoms with Crippen molar-refractivity contribution in [2.24, 2.45) is 0 Å². The third kappa shape index (κ3) is 1.55. The van der Waals surface area contributed by atoms with Crippen molar-refractivity contribution >= 4 is 21.6 Å². The van der Waals surface area contributed by atoms with Crippen molar-refractivity contribution in [2.75, 3.05) is 0 Å². The van der Waals surface area contributed by atoms with Crippen molar-refractivity contribution in [1.82, 2.24) is 0 Å². The Morgan fingerprint density at radius 2 is 2.20 bits per heavy atom. The number of rotatable bonds is 1. The molecule has 0 aliphatic carbocycles. The molecule has 10 heavy (non-hydrogen) atoms. The highest BCUT2D eigenvalue weighted by Crippen LogP contribution is 2.13. The molecule has 0 bridgehead atoms. The van der Waals surface area contributed by atoms with E-state index in [1.807, 2.05) is 0 Å². The van der Waals surface area contributed by atoms with Crippen molar-refractivity contribution in [3.05, 3.63) is 29.6 Å². The highest BCUT2D eigenvalue weighted by Gasteiger charge is 2.00. The van der Waals surface area contributed by atoms with Gasteiger partial charge in [0.15, 0.2) is 0 Å². The zero-order chi connectivity index (χ0) is 7.56. The summed E-state index contributed by atoms with van der Waals surface area (Å²) in [6, 6.07) is 4.81. The maximum Gasteiger partial charge on any atom is 0.128 e. The molecule has 0 aliphatic rings. The highest BCUT2D eigenvalue weighted by molar-refractivity contribution is 9.08. The predicted molar refractivity (Wildman–Crippen MR) is 41.6 cm³/mol. The summed E-state index contributed by atoms with van der Waals surface area (Å²) in [7, 11) is 0. The first-order valence-electron chi connectivity index (χ1n) is 2.90. The van der Waals surface area contributed by atoms with Gasteiger partial charge in [-0.15, -0.1) is 0 Å². The Morgan fingerprint density at radius 1 is 1.50 bits per heavy atom. The van der Waals surface area contributed by atoms with E-state index < -0.39 is 0 Å². The second-order valence-corrected chi connectivity index (χ2v) is 2.62. The molecule has 1 nitrogen and oxygen atoms in total. The van der Waals surface area contributed by atoms with E-state index in [2.05, 4.69) is 21.7 Å². The van der Waals surface area contributed by atoms with Crippen LogP contribution < -0.4 is 5.73 Å². The molecule has 1 rings (SSSR count). The van der Waals surface area contributed by atoms with Gasteiger partial charge in [0.25, 0.3) is 0 Å². The lowest BCUT2D eigenvalue weighted by atomic mass is 10.2. The first-order chi connectivity index (χ1) is 4.74. The quantitative estimate of drug-likeness (QED) is 0.674. The van der Waals surface area contributed by atoms with Crippen molar-refractivity contribution in [2.45, 2.75) is 5.33 Å². The zero-order valence-corrected chi connectivity index (χ0v) is 6.99. The van der Waals surface area contributed by atoms with Crippen LogP contribution in [-0.2, 0) is 5.33 Å². The molecular formula is C7H8BrFN+. The standard InChI is InChI=1S/C7H7BrFN/c8-4-5-3-6(10)1-2-7(5)9/h1-3H,4,10H2/p+1. The summed E-state index contributed by atoms with van der Waals surface area (Å²) < 4.78 is 12.7. The van der Waals surface area contributed by atoms with Gasteiger partial charge in [-0.3, -0.25) is 0 Å². The normalized spacial score (nSPS) is 9.90. The maximum atomic E-state index is 12.7. The molecule has 0 radical (unpaired) electrons. The van der Waals surface area contributed by atoms with Crippen LogP contribution in [0.5, 0.6) is 0 Å². The zero-order valence-electron chi connectivity index (χ0n) is 5.40. The van der Waals surface area contributed by atoms with E-state index in [1.165, 1.54) is 6.07 Å². The molecule has 0 fully saturated rings. The molecule has 1 aromatic carbocycles. The summed E-state index contributed by atoms with van der Waals surface area (Å²) in [5, 5.41) is 0.544. The molecule has 3 N–H and O–H groups in total. The smallest absolute Gasteiger partial charge is 0.128 e. The summed E-state index contributed by atoms with van der Waals surface area (Å²) in [6.07, 6.45) is 0. The fourth-order valence-corrected chi connectivity index (χ4v) is 1.16. The number of benzene rings is 1. The van der Waals surface area contributed by atoms with E-state index in [4.69, 9.17) is 0 Å². The van der Waals surface area contributed by atoms with Gasteiger partial charge in [0.2, 0.25) is 0 Å². The molecule has 0 heterocycles. The van der Waals surface area contributed by atoms with Crippen LogP contribution in [0.25, 0.3) is 0 Å². The topological polar surface area (TPSA) is 27.6 Å². The lowest BCUT2D eigenvalue weighted by molar-refractivity contribution is -0.254. The third-order valence-electron chi connectivity index (χ3n) is 1.25. The molecule has 3 heteroatoms. The van der Waals surface area contributed by atoms with E-state index in [1.54, 1.807) is 12.1 Å². The van der Waals surface area contributed by atoms with E-state index in [9.17, 15) is 4.39 Å². The van der Waals surface area contributed by atoms with Crippen LogP contribution in [0.4, 0.5) is 10.1 Å². The number of halogens is 2. The van der Waals surface area contributed by atoms with Gasteiger partial charge >= 0.3 is 0 Å². The van der Waals surface area contributed by atoms with Crippen LogP contribution in [0.15, 0.2) is 18.2 Å². The van der Waals surface area contributed by atoms with Gasteiger partial charge in [-0.2, -0.15) is 0 Å². The van der Waals surface area contributed by atoms with Crippen molar-refractivity contribution < 1.29 is 10.1 Å². The average molecular weight is 205 g/mol. The summed E-state index contributed by atoms with van der Waals surface area (Å²) >= 11 is 3.17. The van der Waals surface area contributed by atoms with Crippen molar-refractivity contribution in [3.8, 4) is 0 Å². The van der Waals surface area contributed by atoms with E-state index >= 15 is 0 Å². The summed E-state index contributed by atoms with van der Waals surface area (Å²) in [6.45, 7) is 0. The van der Waals surface area contributed by atoms with Crippen molar-refractivity contribution in [1.29, 1.82) is 0 Å². The molecule has 0 saturated carbocycles. The van der Waals surface area contributed by atoms with E-state index in [0.717, 1.165) is 5.69 Å². The molecule has 0 aliphatic heterocycles. The van der Waals surface area contributed by atoms with Crippen LogP contribution in [0.3, 0.4) is 0 Å². The minimum Gasteiger partial charge on any atom is -0.325 e. The Kier molecular flexibility index (Phi) is 2.40. The molecule has 54 valence electrons. The summed E-state index contributed by atoms with van der Waals surface area (Å²) in [5.41, 5.74) is 5.19. The van der Waals surface area contributed by atoms with E-state index in [0.29, 0.717) is 10.9 Å². The lowest BCUT2D eigenvalue weighted by Crippen LogP contribution is -2.40. The van der Waals surface area contributed by atoms with Gasteiger partial charge in [-0.05, 0) is 6.07 Å². The Bertz CT molecular complexity index is 237. The molecular weight excluding hydrogens is 197 g/mol. The highest BCUT2D eigenvalue weighted by atomic mass is 79.9. The van der Waals surface area contributed by atoms with Crippen LogP contribution in [0, 0.1) is 5.82 Å². The minimum absolute atomic E-state index is 0.177. The number of hydrogen-bond acceptors (Lipinski definition) is 0. The lowest BCUT2D eigenvalue weighted by Gasteiger charge is -1.95. The average Bonchev–Trinajstić information content (AvgIpc) is 1.94. The maximum absolute atomic E-state index is 12.7. The first kappa shape index (κ1) is 7.69. The molecule has 0 unspecified atom stereocenters. The third-order valence-corrected chi connectivity index (χ3v) is 1.86. The predicted octanol–water partition coefficient (Wildman–Crippen LogP) is 1.59. The van der Waals surface area contributed by atoms with Crippen LogP contribution >= 0.6 is 15.9 Å². The fourth-order valence-electron chi connectivity index (χ4n) is 0.730. The van der Waals surface area contributed by atoms with Gasteiger partial charge in [0.1, 0.15) is 11.5 Å². The molecule has 0 spiro atoms. The number of quaternary nitrogens is 1. The SMILES string of the molecule is [NH3+]c1ccc(F)c(CBr)c1.